The molecule has 1 N–H and O–H groups in total. The van der Waals surface area contributed by atoms with Crippen molar-refractivity contribution in [3.8, 4) is 17.2 Å². The van der Waals surface area contributed by atoms with E-state index in [0.29, 0.717) is 29.4 Å². The van der Waals surface area contributed by atoms with Gasteiger partial charge in [-0.2, -0.15) is 5.10 Å². The molecule has 1 amide bonds. The van der Waals surface area contributed by atoms with E-state index in [1.165, 1.54) is 20.1 Å². The monoisotopic (exact) mass is 435 g/mol. The number of benzene rings is 2. The number of carbonyl (C=O) groups is 2. The SMILES string of the molecule is COc1ccc(C=CC(=O)Nc2cccc(OCc3cc(C)nn3C)c2)cc1OC(C)=O. The Hall–Kier alpha value is -4.07. The molecule has 32 heavy (non-hydrogen) atoms. The molecule has 0 aliphatic rings. The Morgan fingerprint density at radius 2 is 1.94 bits per heavy atom. The first-order valence-electron chi connectivity index (χ1n) is 9.92. The molecule has 0 radical (unpaired) electrons. The van der Waals surface area contributed by atoms with Crippen LogP contribution in [0, 0.1) is 6.92 Å². The van der Waals surface area contributed by atoms with Crippen LogP contribution >= 0.6 is 0 Å². The Bertz CT molecular complexity index is 1150. The second kappa shape index (κ2) is 10.3. The number of aromatic nitrogens is 2. The lowest BCUT2D eigenvalue weighted by atomic mass is 10.2. The van der Waals surface area contributed by atoms with Crippen LogP contribution in [-0.2, 0) is 23.2 Å². The maximum Gasteiger partial charge on any atom is 0.308 e. The summed E-state index contributed by atoms with van der Waals surface area (Å²) in [5.41, 5.74) is 3.16. The Labute approximate surface area is 186 Å². The van der Waals surface area contributed by atoms with E-state index in [0.717, 1.165) is 11.4 Å². The summed E-state index contributed by atoms with van der Waals surface area (Å²) in [6.45, 7) is 3.61. The van der Waals surface area contributed by atoms with Gasteiger partial charge in [0, 0.05) is 31.8 Å². The van der Waals surface area contributed by atoms with Crippen LogP contribution in [0.25, 0.3) is 6.08 Å². The van der Waals surface area contributed by atoms with Crippen molar-refractivity contribution >= 4 is 23.6 Å². The van der Waals surface area contributed by atoms with Crippen LogP contribution < -0.4 is 19.5 Å². The van der Waals surface area contributed by atoms with E-state index < -0.39 is 5.97 Å². The van der Waals surface area contributed by atoms with E-state index in [1.807, 2.05) is 26.1 Å². The molecule has 0 saturated heterocycles. The lowest BCUT2D eigenvalue weighted by Crippen LogP contribution is -2.08. The number of ether oxygens (including phenoxy) is 3. The van der Waals surface area contributed by atoms with Gasteiger partial charge in [-0.05, 0) is 48.9 Å². The Morgan fingerprint density at radius 3 is 2.62 bits per heavy atom. The van der Waals surface area contributed by atoms with Crippen molar-refractivity contribution in [3.05, 3.63) is 71.6 Å². The molecule has 0 atom stereocenters. The van der Waals surface area contributed by atoms with E-state index in [-0.39, 0.29) is 11.7 Å². The Kier molecular flexibility index (Phi) is 7.28. The highest BCUT2D eigenvalue weighted by Crippen LogP contribution is 2.28. The zero-order chi connectivity index (χ0) is 23.1. The van der Waals surface area contributed by atoms with E-state index >= 15 is 0 Å². The number of esters is 1. The lowest BCUT2D eigenvalue weighted by molar-refractivity contribution is -0.132. The molecule has 0 saturated carbocycles. The molecule has 0 aliphatic heterocycles. The van der Waals surface area contributed by atoms with Gasteiger partial charge in [0.15, 0.2) is 11.5 Å². The first-order valence-corrected chi connectivity index (χ1v) is 9.92. The van der Waals surface area contributed by atoms with Crippen molar-refractivity contribution in [3.63, 3.8) is 0 Å². The van der Waals surface area contributed by atoms with Gasteiger partial charge in [-0.25, -0.2) is 0 Å². The van der Waals surface area contributed by atoms with E-state index in [1.54, 1.807) is 47.2 Å². The van der Waals surface area contributed by atoms with Gasteiger partial charge in [0.1, 0.15) is 12.4 Å². The third-order valence-electron chi connectivity index (χ3n) is 4.46. The van der Waals surface area contributed by atoms with Gasteiger partial charge in [-0.15, -0.1) is 0 Å². The summed E-state index contributed by atoms with van der Waals surface area (Å²) >= 11 is 0. The minimum absolute atomic E-state index is 0.288. The predicted molar refractivity (Wildman–Crippen MR) is 121 cm³/mol. The van der Waals surface area contributed by atoms with Crippen LogP contribution in [0.4, 0.5) is 5.69 Å². The fraction of sp³-hybridized carbons (Fsp3) is 0.208. The van der Waals surface area contributed by atoms with Crippen molar-refractivity contribution in [2.75, 3.05) is 12.4 Å². The van der Waals surface area contributed by atoms with E-state index in [2.05, 4.69) is 10.4 Å². The number of hydrogen-bond donors (Lipinski definition) is 1. The van der Waals surface area contributed by atoms with Crippen molar-refractivity contribution in [1.29, 1.82) is 0 Å². The molecule has 1 heterocycles. The average molecular weight is 435 g/mol. The molecule has 0 bridgehead atoms. The quantitative estimate of drug-likeness (QED) is 0.328. The maximum atomic E-state index is 12.3. The highest BCUT2D eigenvalue weighted by molar-refractivity contribution is 6.02. The topological polar surface area (TPSA) is 91.7 Å². The molecule has 3 rings (SSSR count). The second-order valence-electron chi connectivity index (χ2n) is 7.04. The first-order chi connectivity index (χ1) is 15.3. The van der Waals surface area contributed by atoms with Gasteiger partial charge in [0.05, 0.1) is 18.5 Å². The second-order valence-corrected chi connectivity index (χ2v) is 7.04. The van der Waals surface area contributed by atoms with Gasteiger partial charge < -0.3 is 19.5 Å². The normalized spacial score (nSPS) is 10.8. The fourth-order valence-corrected chi connectivity index (χ4v) is 3.01. The molecular formula is C24H25N3O5. The van der Waals surface area contributed by atoms with E-state index in [9.17, 15) is 9.59 Å². The van der Waals surface area contributed by atoms with E-state index in [4.69, 9.17) is 14.2 Å². The zero-order valence-electron chi connectivity index (χ0n) is 18.4. The number of aryl methyl sites for hydroxylation is 2. The van der Waals surface area contributed by atoms with Crippen LogP contribution in [0.5, 0.6) is 17.2 Å². The number of hydrogen-bond acceptors (Lipinski definition) is 6. The molecule has 1 aromatic heterocycles. The van der Waals surface area contributed by atoms with Crippen LogP contribution in [0.2, 0.25) is 0 Å². The van der Waals surface area contributed by atoms with Crippen LogP contribution in [0.3, 0.4) is 0 Å². The molecule has 8 heteroatoms. The standard InChI is InChI=1S/C24H25N3O5/c1-16-12-20(27(3)26-16)15-31-21-7-5-6-19(14-21)25-24(29)11-9-18-8-10-22(30-4)23(13-18)32-17(2)28/h5-14H,15H2,1-4H3,(H,25,29). The molecule has 166 valence electrons. The number of carbonyl (C=O) groups excluding carboxylic acids is 2. The number of methoxy groups -OCH3 is 1. The van der Waals surface area contributed by atoms with Crippen LogP contribution in [0.1, 0.15) is 23.9 Å². The number of rotatable bonds is 8. The number of nitrogens with one attached hydrogen (secondary N) is 1. The molecule has 0 unspecified atom stereocenters. The smallest absolute Gasteiger partial charge is 0.308 e. The number of amides is 1. The summed E-state index contributed by atoms with van der Waals surface area (Å²) in [4.78, 5) is 23.6. The predicted octanol–water partition coefficient (Wildman–Crippen LogP) is 3.89. The number of anilines is 1. The summed E-state index contributed by atoms with van der Waals surface area (Å²) in [6, 6.07) is 14.2. The van der Waals surface area contributed by atoms with Crippen LogP contribution in [-0.4, -0.2) is 28.8 Å². The van der Waals surface area contributed by atoms with Crippen molar-refractivity contribution < 1.29 is 23.8 Å². The third-order valence-corrected chi connectivity index (χ3v) is 4.46. The summed E-state index contributed by atoms with van der Waals surface area (Å²) in [7, 11) is 3.35. The van der Waals surface area contributed by atoms with Gasteiger partial charge in [-0.3, -0.25) is 14.3 Å². The average Bonchev–Trinajstić information content (AvgIpc) is 3.07. The summed E-state index contributed by atoms with van der Waals surface area (Å²) in [5, 5.41) is 7.10. The van der Waals surface area contributed by atoms with Gasteiger partial charge in [0.25, 0.3) is 0 Å². The summed E-state index contributed by atoms with van der Waals surface area (Å²) in [5.74, 6) is 0.583. The Balaban J connectivity index is 1.62. The van der Waals surface area contributed by atoms with Crippen molar-refractivity contribution in [1.82, 2.24) is 9.78 Å². The first kappa shape index (κ1) is 22.6. The van der Waals surface area contributed by atoms with Crippen molar-refractivity contribution in [2.24, 2.45) is 7.05 Å². The maximum absolute atomic E-state index is 12.3. The molecular weight excluding hydrogens is 410 g/mol. The van der Waals surface area contributed by atoms with Gasteiger partial charge in [-0.1, -0.05) is 12.1 Å². The minimum Gasteiger partial charge on any atom is -0.493 e. The highest BCUT2D eigenvalue weighted by atomic mass is 16.6. The van der Waals surface area contributed by atoms with Crippen LogP contribution in [0.15, 0.2) is 54.6 Å². The zero-order valence-corrected chi connectivity index (χ0v) is 18.4. The Morgan fingerprint density at radius 1 is 1.12 bits per heavy atom. The molecule has 0 aliphatic carbocycles. The van der Waals surface area contributed by atoms with Gasteiger partial charge >= 0.3 is 5.97 Å². The minimum atomic E-state index is -0.456. The van der Waals surface area contributed by atoms with Crippen molar-refractivity contribution in [2.45, 2.75) is 20.5 Å². The van der Waals surface area contributed by atoms with Gasteiger partial charge in [0.2, 0.25) is 5.91 Å². The number of nitrogens with zero attached hydrogens (tertiary/aromatic N) is 2. The highest BCUT2D eigenvalue weighted by Gasteiger charge is 2.08. The molecule has 2 aromatic carbocycles. The fourth-order valence-electron chi connectivity index (χ4n) is 3.01. The lowest BCUT2D eigenvalue weighted by Gasteiger charge is -2.09. The molecule has 8 nitrogen and oxygen atoms in total. The largest absolute Gasteiger partial charge is 0.493 e. The molecule has 3 aromatic rings. The molecule has 0 spiro atoms. The summed E-state index contributed by atoms with van der Waals surface area (Å²) in [6.07, 6.45) is 3.01. The summed E-state index contributed by atoms with van der Waals surface area (Å²) < 4.78 is 17.9. The molecule has 0 fully saturated rings. The third kappa shape index (κ3) is 6.21.